The maximum Gasteiger partial charge on any atom is -0.0142 e. The van der Waals surface area contributed by atoms with Crippen molar-refractivity contribution in [2.24, 2.45) is 5.92 Å². The van der Waals surface area contributed by atoms with E-state index in [2.05, 4.69) is 58.1 Å². The molecule has 1 unspecified atom stereocenters. The van der Waals surface area contributed by atoms with Gasteiger partial charge in [-0.1, -0.05) is 49.8 Å². The Morgan fingerprint density at radius 2 is 2.00 bits per heavy atom. The summed E-state index contributed by atoms with van der Waals surface area (Å²) in [5, 5.41) is 0. The average Bonchev–Trinajstić information content (AvgIpc) is 2.16. The molecule has 14 heavy (non-hydrogen) atoms. The highest BCUT2D eigenvalue weighted by Gasteiger charge is 1.93. The number of allylic oxidation sites excluding steroid dienone is 6. The molecule has 0 aromatic heterocycles. The predicted molar refractivity (Wildman–Crippen MR) is 66.4 cm³/mol. The van der Waals surface area contributed by atoms with E-state index in [9.17, 15) is 0 Å². The second kappa shape index (κ2) is 8.80. The van der Waals surface area contributed by atoms with Gasteiger partial charge in [-0.3, -0.25) is 0 Å². The van der Waals surface area contributed by atoms with E-state index >= 15 is 0 Å². The smallest absolute Gasteiger partial charge is 0.0142 e. The normalized spacial score (nSPS) is 15.6. The molecule has 0 heterocycles. The first-order valence-electron chi connectivity index (χ1n) is 5.64. The van der Waals surface area contributed by atoms with Crippen molar-refractivity contribution in [2.45, 2.75) is 47.0 Å². The molecular weight excluding hydrogens is 168 g/mol. The number of hydrogen-bond donors (Lipinski definition) is 0. The lowest BCUT2D eigenvalue weighted by molar-refractivity contribution is 0.738. The summed E-state index contributed by atoms with van der Waals surface area (Å²) in [5.74, 6) is 0.671. The highest BCUT2D eigenvalue weighted by Crippen LogP contribution is 2.09. The molecule has 0 aromatic rings. The van der Waals surface area contributed by atoms with Gasteiger partial charge in [-0.2, -0.15) is 0 Å². The van der Waals surface area contributed by atoms with Gasteiger partial charge in [-0.05, 0) is 39.0 Å². The van der Waals surface area contributed by atoms with Gasteiger partial charge < -0.3 is 0 Å². The van der Waals surface area contributed by atoms with Crippen LogP contribution in [0.1, 0.15) is 47.0 Å². The molecule has 0 bridgehead atoms. The van der Waals surface area contributed by atoms with Crippen molar-refractivity contribution in [2.75, 3.05) is 0 Å². The summed E-state index contributed by atoms with van der Waals surface area (Å²) >= 11 is 0. The molecule has 0 aliphatic carbocycles. The van der Waals surface area contributed by atoms with Crippen molar-refractivity contribution < 1.29 is 0 Å². The maximum absolute atomic E-state index is 2.35. The number of hydrogen-bond acceptors (Lipinski definition) is 0. The summed E-state index contributed by atoms with van der Waals surface area (Å²) in [4.78, 5) is 0. The van der Waals surface area contributed by atoms with E-state index in [4.69, 9.17) is 0 Å². The molecule has 0 radical (unpaired) electrons. The lowest BCUT2D eigenvalue weighted by atomic mass is 10.0. The first-order chi connectivity index (χ1) is 6.70. The van der Waals surface area contributed by atoms with Crippen molar-refractivity contribution in [3.8, 4) is 0 Å². The molecule has 0 aliphatic rings. The predicted octanol–water partition coefficient (Wildman–Crippen LogP) is 4.89. The van der Waals surface area contributed by atoms with Gasteiger partial charge in [-0.15, -0.1) is 0 Å². The third-order valence-electron chi connectivity index (χ3n) is 2.20. The van der Waals surface area contributed by atoms with Crippen LogP contribution in [0.5, 0.6) is 0 Å². The highest BCUT2D eigenvalue weighted by molar-refractivity contribution is 5.05. The zero-order valence-corrected chi connectivity index (χ0v) is 10.1. The third-order valence-corrected chi connectivity index (χ3v) is 2.20. The molecule has 0 spiro atoms. The zero-order chi connectivity index (χ0) is 10.8. The Kier molecular flexibility index (Phi) is 8.31. The van der Waals surface area contributed by atoms with Gasteiger partial charge >= 0.3 is 0 Å². The summed E-state index contributed by atoms with van der Waals surface area (Å²) in [6.45, 7) is 8.72. The molecule has 1 atom stereocenters. The van der Waals surface area contributed by atoms with Gasteiger partial charge in [0.1, 0.15) is 0 Å². The Hall–Kier alpha value is -0.780. The van der Waals surface area contributed by atoms with Crippen LogP contribution in [0.15, 0.2) is 36.0 Å². The zero-order valence-electron chi connectivity index (χ0n) is 10.1. The Bertz CT molecular complexity index is 206. The summed E-state index contributed by atoms with van der Waals surface area (Å²) in [7, 11) is 0. The molecular formula is C14H24. The lowest BCUT2D eigenvalue weighted by Gasteiger charge is -2.02. The molecule has 0 saturated carbocycles. The van der Waals surface area contributed by atoms with Gasteiger partial charge in [0, 0.05) is 0 Å². The second-order valence-corrected chi connectivity index (χ2v) is 3.87. The van der Waals surface area contributed by atoms with E-state index in [1.165, 1.54) is 5.57 Å². The van der Waals surface area contributed by atoms with Crippen molar-refractivity contribution in [1.29, 1.82) is 0 Å². The Balaban J connectivity index is 3.81. The molecule has 0 heteroatoms. The monoisotopic (exact) mass is 192 g/mol. The summed E-state index contributed by atoms with van der Waals surface area (Å²) < 4.78 is 0. The fraction of sp³-hybridized carbons (Fsp3) is 0.571. The van der Waals surface area contributed by atoms with Crippen LogP contribution in [0.4, 0.5) is 0 Å². The minimum Gasteiger partial charge on any atom is -0.0914 e. The van der Waals surface area contributed by atoms with Crippen LogP contribution < -0.4 is 0 Å². The molecule has 0 fully saturated rings. The van der Waals surface area contributed by atoms with Crippen LogP contribution >= 0.6 is 0 Å². The minimum atomic E-state index is 0.671. The summed E-state index contributed by atoms with van der Waals surface area (Å²) in [6, 6.07) is 0. The molecule has 0 rings (SSSR count). The molecule has 0 N–H and O–H groups in total. The molecule has 0 amide bonds. The van der Waals surface area contributed by atoms with Gasteiger partial charge in [-0.25, -0.2) is 0 Å². The largest absolute Gasteiger partial charge is 0.0914 e. The van der Waals surface area contributed by atoms with E-state index in [0.29, 0.717) is 5.92 Å². The van der Waals surface area contributed by atoms with Crippen LogP contribution in [0.3, 0.4) is 0 Å². The topological polar surface area (TPSA) is 0 Å². The maximum atomic E-state index is 2.35. The molecule has 0 aromatic carbocycles. The molecule has 0 aliphatic heterocycles. The van der Waals surface area contributed by atoms with Crippen molar-refractivity contribution >= 4 is 0 Å². The summed E-state index contributed by atoms with van der Waals surface area (Å²) in [6.07, 6.45) is 14.6. The van der Waals surface area contributed by atoms with Gasteiger partial charge in [0.25, 0.3) is 0 Å². The van der Waals surface area contributed by atoms with Crippen molar-refractivity contribution in [3.05, 3.63) is 36.0 Å². The van der Waals surface area contributed by atoms with E-state index in [0.717, 1.165) is 19.3 Å². The van der Waals surface area contributed by atoms with Crippen molar-refractivity contribution in [1.82, 2.24) is 0 Å². The Morgan fingerprint density at radius 1 is 1.29 bits per heavy atom. The SMILES string of the molecule is CC=CC(C)CC=C(C)CC=CCC. The van der Waals surface area contributed by atoms with E-state index in [-0.39, 0.29) is 0 Å². The Labute approximate surface area is 89.4 Å². The molecule has 0 nitrogen and oxygen atoms in total. The molecule has 80 valence electrons. The van der Waals surface area contributed by atoms with E-state index < -0.39 is 0 Å². The Morgan fingerprint density at radius 3 is 2.57 bits per heavy atom. The first-order valence-corrected chi connectivity index (χ1v) is 5.64. The van der Waals surface area contributed by atoms with Gasteiger partial charge in [0.15, 0.2) is 0 Å². The van der Waals surface area contributed by atoms with Crippen LogP contribution in [0.2, 0.25) is 0 Å². The van der Waals surface area contributed by atoms with Crippen molar-refractivity contribution in [3.63, 3.8) is 0 Å². The second-order valence-electron chi connectivity index (χ2n) is 3.87. The van der Waals surface area contributed by atoms with Crippen LogP contribution in [-0.2, 0) is 0 Å². The van der Waals surface area contributed by atoms with Gasteiger partial charge in [0.05, 0.1) is 0 Å². The first kappa shape index (κ1) is 13.2. The van der Waals surface area contributed by atoms with Crippen LogP contribution in [-0.4, -0.2) is 0 Å². The lowest BCUT2D eigenvalue weighted by Crippen LogP contribution is -1.86. The van der Waals surface area contributed by atoms with Crippen LogP contribution in [0, 0.1) is 5.92 Å². The fourth-order valence-electron chi connectivity index (χ4n) is 1.31. The standard InChI is InChI=1S/C14H24/c1-5-7-8-10-14(4)12-11-13(3)9-6-2/h6-9,12-13H,5,10-11H2,1-4H3. The third kappa shape index (κ3) is 7.85. The van der Waals surface area contributed by atoms with E-state index in [1.54, 1.807) is 0 Å². The quantitative estimate of drug-likeness (QED) is 0.525. The van der Waals surface area contributed by atoms with Crippen LogP contribution in [0.25, 0.3) is 0 Å². The molecule has 0 saturated heterocycles. The summed E-state index contributed by atoms with van der Waals surface area (Å²) in [5.41, 5.74) is 1.48. The number of rotatable bonds is 6. The van der Waals surface area contributed by atoms with E-state index in [1.807, 2.05) is 0 Å². The average molecular weight is 192 g/mol. The van der Waals surface area contributed by atoms with Gasteiger partial charge in [0.2, 0.25) is 0 Å². The highest BCUT2D eigenvalue weighted by atomic mass is 14.0. The minimum absolute atomic E-state index is 0.671. The fourth-order valence-corrected chi connectivity index (χ4v) is 1.31.